The molecule has 0 unspecified atom stereocenters. The summed E-state index contributed by atoms with van der Waals surface area (Å²) in [7, 11) is 3.57. The molecule has 0 aliphatic heterocycles. The lowest BCUT2D eigenvalue weighted by Crippen LogP contribution is -2.28. The average Bonchev–Trinajstić information content (AvgIpc) is 3.30. The summed E-state index contributed by atoms with van der Waals surface area (Å²) in [5, 5.41) is 17.0. The number of imidazole rings is 1. The van der Waals surface area contributed by atoms with Crippen molar-refractivity contribution in [1.82, 2.24) is 29.4 Å². The molecule has 0 radical (unpaired) electrons. The minimum Gasteiger partial charge on any atom is -0.481 e. The Balaban J connectivity index is 1.60. The van der Waals surface area contributed by atoms with Gasteiger partial charge in [0.25, 0.3) is 5.91 Å². The van der Waals surface area contributed by atoms with Crippen molar-refractivity contribution in [2.24, 2.45) is 7.05 Å². The van der Waals surface area contributed by atoms with Crippen molar-refractivity contribution in [3.63, 3.8) is 0 Å². The van der Waals surface area contributed by atoms with E-state index in [2.05, 4.69) is 15.3 Å². The molecule has 0 aliphatic rings. The van der Waals surface area contributed by atoms with Gasteiger partial charge in [0.2, 0.25) is 0 Å². The second-order valence-corrected chi connectivity index (χ2v) is 6.61. The number of carbonyl (C=O) groups is 2. The van der Waals surface area contributed by atoms with Crippen LogP contribution in [0.2, 0.25) is 0 Å². The van der Waals surface area contributed by atoms with Crippen LogP contribution in [-0.4, -0.2) is 60.0 Å². The van der Waals surface area contributed by atoms with Crippen LogP contribution < -0.4 is 0 Å². The smallest absolute Gasteiger partial charge is 0.303 e. The molecule has 0 saturated heterocycles. The molecule has 2 aromatic heterocycles. The molecule has 1 amide bonds. The van der Waals surface area contributed by atoms with Crippen LogP contribution in [0, 0.1) is 0 Å². The van der Waals surface area contributed by atoms with E-state index < -0.39 is 5.97 Å². The molecule has 0 atom stereocenters. The standard InChI is InChI=1S/C19H22N6O3/c1-23(9-3-4-18(26)27)19(28)15-7-5-14(6-8-15)11-25-12-16(21-22-25)17-10-20-13-24(17)2/h5-8,10,12-13H,3-4,9,11H2,1-2H3,(H,26,27). The number of aliphatic carboxylic acids is 1. The third-order valence-corrected chi connectivity index (χ3v) is 4.39. The maximum atomic E-state index is 12.4. The third kappa shape index (κ3) is 4.61. The zero-order valence-electron chi connectivity index (χ0n) is 15.8. The fourth-order valence-corrected chi connectivity index (χ4v) is 2.83. The lowest BCUT2D eigenvalue weighted by atomic mass is 10.1. The number of carboxylic acids is 1. The fraction of sp³-hybridized carbons (Fsp3) is 0.316. The summed E-state index contributed by atoms with van der Waals surface area (Å²) >= 11 is 0. The minimum atomic E-state index is -0.857. The number of hydrogen-bond acceptors (Lipinski definition) is 5. The number of aromatic nitrogens is 5. The van der Waals surface area contributed by atoms with Crippen LogP contribution >= 0.6 is 0 Å². The van der Waals surface area contributed by atoms with E-state index in [-0.39, 0.29) is 12.3 Å². The third-order valence-electron chi connectivity index (χ3n) is 4.39. The van der Waals surface area contributed by atoms with E-state index in [1.165, 1.54) is 4.90 Å². The van der Waals surface area contributed by atoms with Crippen LogP contribution in [0.15, 0.2) is 43.0 Å². The first-order chi connectivity index (χ1) is 13.4. The highest BCUT2D eigenvalue weighted by Gasteiger charge is 2.12. The normalized spacial score (nSPS) is 10.8. The number of amides is 1. The number of hydrogen-bond donors (Lipinski definition) is 1. The van der Waals surface area contributed by atoms with E-state index in [0.29, 0.717) is 25.1 Å². The van der Waals surface area contributed by atoms with Crippen molar-refractivity contribution in [3.05, 3.63) is 54.1 Å². The summed E-state index contributed by atoms with van der Waals surface area (Å²) in [6, 6.07) is 7.29. The molecule has 9 heteroatoms. The topological polar surface area (TPSA) is 106 Å². The molecular weight excluding hydrogens is 360 g/mol. The van der Waals surface area contributed by atoms with Crippen molar-refractivity contribution < 1.29 is 14.7 Å². The Morgan fingerprint density at radius 2 is 1.96 bits per heavy atom. The monoisotopic (exact) mass is 382 g/mol. The molecule has 0 saturated carbocycles. The second kappa shape index (κ2) is 8.47. The molecule has 3 rings (SSSR count). The molecule has 28 heavy (non-hydrogen) atoms. The van der Waals surface area contributed by atoms with E-state index in [0.717, 1.165) is 17.0 Å². The highest BCUT2D eigenvalue weighted by molar-refractivity contribution is 5.94. The van der Waals surface area contributed by atoms with Gasteiger partial charge in [0, 0.05) is 32.6 Å². The molecule has 1 aromatic carbocycles. The molecule has 2 heterocycles. The van der Waals surface area contributed by atoms with Gasteiger partial charge in [-0.05, 0) is 24.1 Å². The molecule has 146 valence electrons. The SMILES string of the molecule is CN(CCCC(=O)O)C(=O)c1ccc(Cn2cc(-c3cncn3C)nn2)cc1. The van der Waals surface area contributed by atoms with Crippen LogP contribution in [-0.2, 0) is 18.4 Å². The number of benzene rings is 1. The summed E-state index contributed by atoms with van der Waals surface area (Å²) in [5.74, 6) is -0.985. The van der Waals surface area contributed by atoms with E-state index in [1.54, 1.807) is 36.4 Å². The molecule has 3 aromatic rings. The highest BCUT2D eigenvalue weighted by atomic mass is 16.4. The predicted octanol–water partition coefficient (Wildman–Crippen LogP) is 1.66. The Morgan fingerprint density at radius 1 is 1.21 bits per heavy atom. The Hall–Kier alpha value is -3.49. The quantitative estimate of drug-likeness (QED) is 0.635. The highest BCUT2D eigenvalue weighted by Crippen LogP contribution is 2.15. The first kappa shape index (κ1) is 19.3. The van der Waals surface area contributed by atoms with Crippen LogP contribution in [0.4, 0.5) is 0 Å². The van der Waals surface area contributed by atoms with Gasteiger partial charge in [-0.3, -0.25) is 9.59 Å². The van der Waals surface area contributed by atoms with Crippen LogP contribution in [0.1, 0.15) is 28.8 Å². The number of carbonyl (C=O) groups excluding carboxylic acids is 1. The Bertz CT molecular complexity index is 960. The molecular formula is C19H22N6O3. The number of rotatable bonds is 8. The predicted molar refractivity (Wildman–Crippen MR) is 102 cm³/mol. The van der Waals surface area contributed by atoms with E-state index >= 15 is 0 Å². The van der Waals surface area contributed by atoms with E-state index in [4.69, 9.17) is 5.11 Å². The van der Waals surface area contributed by atoms with Gasteiger partial charge in [-0.2, -0.15) is 0 Å². The van der Waals surface area contributed by atoms with Gasteiger partial charge in [-0.15, -0.1) is 5.10 Å². The van der Waals surface area contributed by atoms with Gasteiger partial charge in [0.15, 0.2) is 0 Å². The second-order valence-electron chi connectivity index (χ2n) is 6.61. The van der Waals surface area contributed by atoms with Gasteiger partial charge < -0.3 is 14.6 Å². The average molecular weight is 382 g/mol. The molecule has 0 fully saturated rings. The number of carboxylic acid groups (broad SMARTS) is 1. The minimum absolute atomic E-state index is 0.0509. The van der Waals surface area contributed by atoms with Crippen LogP contribution in [0.3, 0.4) is 0 Å². The number of aryl methyl sites for hydroxylation is 1. The van der Waals surface area contributed by atoms with Gasteiger partial charge in [0.05, 0.1) is 31.0 Å². The summed E-state index contributed by atoms with van der Waals surface area (Å²) in [5.41, 5.74) is 3.19. The lowest BCUT2D eigenvalue weighted by Gasteiger charge is -2.16. The van der Waals surface area contributed by atoms with Gasteiger partial charge in [-0.25, -0.2) is 9.67 Å². The zero-order valence-corrected chi connectivity index (χ0v) is 15.8. The lowest BCUT2D eigenvalue weighted by molar-refractivity contribution is -0.137. The summed E-state index contributed by atoms with van der Waals surface area (Å²) in [6.07, 6.45) is 5.78. The Morgan fingerprint density at radius 3 is 2.61 bits per heavy atom. The molecule has 0 spiro atoms. The van der Waals surface area contributed by atoms with Crippen LogP contribution in [0.25, 0.3) is 11.4 Å². The maximum absolute atomic E-state index is 12.4. The maximum Gasteiger partial charge on any atom is 0.303 e. The summed E-state index contributed by atoms with van der Waals surface area (Å²) < 4.78 is 3.61. The Kier molecular flexibility index (Phi) is 5.83. The molecule has 0 bridgehead atoms. The van der Waals surface area contributed by atoms with Gasteiger partial charge >= 0.3 is 5.97 Å². The largest absolute Gasteiger partial charge is 0.481 e. The molecule has 9 nitrogen and oxygen atoms in total. The van der Waals surface area contributed by atoms with E-state index in [1.807, 2.05) is 29.9 Å². The van der Waals surface area contributed by atoms with Crippen molar-refractivity contribution in [3.8, 4) is 11.4 Å². The van der Waals surface area contributed by atoms with Gasteiger partial charge in [0.1, 0.15) is 5.69 Å². The number of nitrogens with zero attached hydrogens (tertiary/aromatic N) is 6. The summed E-state index contributed by atoms with van der Waals surface area (Å²) in [4.78, 5) is 28.6. The molecule has 1 N–H and O–H groups in total. The Labute approximate surface area is 162 Å². The first-order valence-corrected chi connectivity index (χ1v) is 8.87. The molecule has 0 aliphatic carbocycles. The zero-order chi connectivity index (χ0) is 20.1. The first-order valence-electron chi connectivity index (χ1n) is 8.87. The van der Waals surface area contributed by atoms with Gasteiger partial charge in [-0.1, -0.05) is 17.3 Å². The van der Waals surface area contributed by atoms with E-state index in [9.17, 15) is 9.59 Å². The van der Waals surface area contributed by atoms with Crippen molar-refractivity contribution in [1.29, 1.82) is 0 Å². The summed E-state index contributed by atoms with van der Waals surface area (Å²) in [6.45, 7) is 0.941. The van der Waals surface area contributed by atoms with Crippen molar-refractivity contribution in [2.45, 2.75) is 19.4 Å². The van der Waals surface area contributed by atoms with Crippen molar-refractivity contribution in [2.75, 3.05) is 13.6 Å². The fourth-order valence-electron chi connectivity index (χ4n) is 2.83. The van der Waals surface area contributed by atoms with Crippen LogP contribution in [0.5, 0.6) is 0 Å². The van der Waals surface area contributed by atoms with Crippen molar-refractivity contribution >= 4 is 11.9 Å².